The lowest BCUT2D eigenvalue weighted by atomic mass is 10.3. The number of ether oxygens (including phenoxy) is 2. The third kappa shape index (κ3) is 2.86. The van der Waals surface area contributed by atoms with Gasteiger partial charge in [-0.2, -0.15) is 0 Å². The van der Waals surface area contributed by atoms with Crippen LogP contribution in [-0.4, -0.2) is 18.8 Å². The molecule has 0 amide bonds. The van der Waals surface area contributed by atoms with Crippen LogP contribution in [0.15, 0.2) is 24.3 Å². The van der Waals surface area contributed by atoms with Gasteiger partial charge in [-0.25, -0.2) is 0 Å². The fourth-order valence-electron chi connectivity index (χ4n) is 1.33. The highest BCUT2D eigenvalue weighted by atomic mass is 16.5. The lowest BCUT2D eigenvalue weighted by Gasteiger charge is -2.11. The first kappa shape index (κ1) is 10.3. The zero-order chi connectivity index (χ0) is 10.7. The zero-order valence-electron chi connectivity index (χ0n) is 9.03. The minimum atomic E-state index is -0.0570. The van der Waals surface area contributed by atoms with Crippen LogP contribution in [0.5, 0.6) is 11.5 Å². The summed E-state index contributed by atoms with van der Waals surface area (Å²) in [7, 11) is 0. The van der Waals surface area contributed by atoms with Gasteiger partial charge in [-0.15, -0.1) is 0 Å². The Kier molecular flexibility index (Phi) is 2.82. The molecule has 1 aliphatic rings. The second kappa shape index (κ2) is 4.11. The van der Waals surface area contributed by atoms with Gasteiger partial charge < -0.3 is 15.2 Å². The molecule has 0 radical (unpaired) electrons. The second-order valence-electron chi connectivity index (χ2n) is 4.06. The van der Waals surface area contributed by atoms with Crippen LogP contribution in [-0.2, 0) is 0 Å². The molecule has 1 aliphatic carbocycles. The Morgan fingerprint density at radius 3 is 2.13 bits per heavy atom. The van der Waals surface area contributed by atoms with Gasteiger partial charge in [-0.3, -0.25) is 0 Å². The van der Waals surface area contributed by atoms with Crippen LogP contribution in [0.4, 0.5) is 0 Å². The van der Waals surface area contributed by atoms with Gasteiger partial charge in [0.25, 0.3) is 0 Å². The Balaban J connectivity index is 1.86. The van der Waals surface area contributed by atoms with Crippen molar-refractivity contribution in [2.45, 2.75) is 25.3 Å². The first-order valence-corrected chi connectivity index (χ1v) is 5.36. The van der Waals surface area contributed by atoms with Gasteiger partial charge in [0.2, 0.25) is 0 Å². The number of nitrogens with two attached hydrogens (primary N) is 1. The fourth-order valence-corrected chi connectivity index (χ4v) is 1.33. The van der Waals surface area contributed by atoms with E-state index in [4.69, 9.17) is 15.2 Å². The Labute approximate surface area is 90.2 Å². The molecule has 0 aromatic heterocycles. The molecule has 0 unspecified atom stereocenters. The minimum Gasteiger partial charge on any atom is -0.494 e. The Morgan fingerprint density at radius 1 is 1.13 bits per heavy atom. The van der Waals surface area contributed by atoms with Gasteiger partial charge in [0, 0.05) is 0 Å². The lowest BCUT2D eigenvalue weighted by Crippen LogP contribution is -2.29. The molecular formula is C12H17NO2. The van der Waals surface area contributed by atoms with Crippen LogP contribution in [0, 0.1) is 0 Å². The molecular weight excluding hydrogens is 190 g/mol. The molecule has 1 aromatic carbocycles. The standard InChI is InChI=1S/C12H17NO2/c1-2-14-10-3-5-11(6-4-10)15-9-12(13)7-8-12/h3-6H,2,7-9,13H2,1H3. The van der Waals surface area contributed by atoms with E-state index in [1.807, 2.05) is 31.2 Å². The van der Waals surface area contributed by atoms with Crippen LogP contribution in [0.3, 0.4) is 0 Å². The predicted octanol–water partition coefficient (Wildman–Crippen LogP) is 1.96. The van der Waals surface area contributed by atoms with Crippen molar-refractivity contribution >= 4 is 0 Å². The second-order valence-corrected chi connectivity index (χ2v) is 4.06. The summed E-state index contributed by atoms with van der Waals surface area (Å²) in [5, 5.41) is 0. The van der Waals surface area contributed by atoms with Crippen LogP contribution >= 0.6 is 0 Å². The van der Waals surface area contributed by atoms with E-state index in [0.29, 0.717) is 13.2 Å². The first-order chi connectivity index (χ1) is 7.22. The summed E-state index contributed by atoms with van der Waals surface area (Å²) in [5.74, 6) is 1.73. The Hall–Kier alpha value is -1.22. The van der Waals surface area contributed by atoms with Gasteiger partial charge in [-0.1, -0.05) is 0 Å². The molecule has 0 aliphatic heterocycles. The molecule has 15 heavy (non-hydrogen) atoms. The van der Waals surface area contributed by atoms with E-state index in [2.05, 4.69) is 0 Å². The average Bonchev–Trinajstić information content (AvgIpc) is 2.97. The quantitative estimate of drug-likeness (QED) is 0.802. The number of benzene rings is 1. The number of rotatable bonds is 5. The van der Waals surface area contributed by atoms with Crippen molar-refractivity contribution in [3.8, 4) is 11.5 Å². The molecule has 2 rings (SSSR count). The van der Waals surface area contributed by atoms with E-state index >= 15 is 0 Å². The average molecular weight is 207 g/mol. The maximum absolute atomic E-state index is 5.92. The van der Waals surface area contributed by atoms with Crippen molar-refractivity contribution in [2.24, 2.45) is 5.73 Å². The number of hydrogen-bond acceptors (Lipinski definition) is 3. The van der Waals surface area contributed by atoms with Gasteiger partial charge in [0.1, 0.15) is 18.1 Å². The van der Waals surface area contributed by atoms with E-state index in [0.717, 1.165) is 24.3 Å². The first-order valence-electron chi connectivity index (χ1n) is 5.36. The highest BCUT2D eigenvalue weighted by Gasteiger charge is 2.39. The van der Waals surface area contributed by atoms with Gasteiger partial charge in [0.05, 0.1) is 12.1 Å². The van der Waals surface area contributed by atoms with Crippen molar-refractivity contribution in [1.29, 1.82) is 0 Å². The highest BCUT2D eigenvalue weighted by Crippen LogP contribution is 2.32. The summed E-state index contributed by atoms with van der Waals surface area (Å²) in [6.07, 6.45) is 2.15. The molecule has 0 spiro atoms. The topological polar surface area (TPSA) is 44.5 Å². The Bertz CT molecular complexity index is 317. The van der Waals surface area contributed by atoms with Crippen molar-refractivity contribution in [2.75, 3.05) is 13.2 Å². The molecule has 1 saturated carbocycles. The van der Waals surface area contributed by atoms with Crippen molar-refractivity contribution in [1.82, 2.24) is 0 Å². The van der Waals surface area contributed by atoms with Crippen molar-refractivity contribution in [3.63, 3.8) is 0 Å². The molecule has 0 heterocycles. The van der Waals surface area contributed by atoms with Crippen molar-refractivity contribution in [3.05, 3.63) is 24.3 Å². The zero-order valence-corrected chi connectivity index (χ0v) is 9.03. The van der Waals surface area contributed by atoms with Crippen LogP contribution in [0.1, 0.15) is 19.8 Å². The molecule has 0 bridgehead atoms. The lowest BCUT2D eigenvalue weighted by molar-refractivity contribution is 0.278. The normalized spacial score (nSPS) is 17.2. The molecule has 3 heteroatoms. The highest BCUT2D eigenvalue weighted by molar-refractivity contribution is 5.31. The van der Waals surface area contributed by atoms with E-state index in [9.17, 15) is 0 Å². The molecule has 1 aromatic rings. The summed E-state index contributed by atoms with van der Waals surface area (Å²) < 4.78 is 10.9. The SMILES string of the molecule is CCOc1ccc(OCC2(N)CC2)cc1. The van der Waals surface area contributed by atoms with E-state index in [1.165, 1.54) is 0 Å². The van der Waals surface area contributed by atoms with Gasteiger partial charge >= 0.3 is 0 Å². The molecule has 3 nitrogen and oxygen atoms in total. The van der Waals surface area contributed by atoms with E-state index in [1.54, 1.807) is 0 Å². The van der Waals surface area contributed by atoms with E-state index < -0.39 is 0 Å². The predicted molar refractivity (Wildman–Crippen MR) is 59.3 cm³/mol. The summed E-state index contributed by atoms with van der Waals surface area (Å²) in [6, 6.07) is 7.65. The fraction of sp³-hybridized carbons (Fsp3) is 0.500. The monoisotopic (exact) mass is 207 g/mol. The van der Waals surface area contributed by atoms with Crippen LogP contribution < -0.4 is 15.2 Å². The molecule has 0 saturated heterocycles. The van der Waals surface area contributed by atoms with Gasteiger partial charge in [-0.05, 0) is 44.0 Å². The summed E-state index contributed by atoms with van der Waals surface area (Å²) in [4.78, 5) is 0. The smallest absolute Gasteiger partial charge is 0.119 e. The number of hydrogen-bond donors (Lipinski definition) is 1. The molecule has 82 valence electrons. The maximum atomic E-state index is 5.92. The third-order valence-electron chi connectivity index (χ3n) is 2.55. The summed E-state index contributed by atoms with van der Waals surface area (Å²) >= 11 is 0. The van der Waals surface area contributed by atoms with Crippen LogP contribution in [0.2, 0.25) is 0 Å². The summed E-state index contributed by atoms with van der Waals surface area (Å²) in [6.45, 7) is 3.27. The molecule has 1 fully saturated rings. The molecule has 0 atom stereocenters. The van der Waals surface area contributed by atoms with Gasteiger partial charge in [0.15, 0.2) is 0 Å². The van der Waals surface area contributed by atoms with Crippen LogP contribution in [0.25, 0.3) is 0 Å². The maximum Gasteiger partial charge on any atom is 0.119 e. The largest absolute Gasteiger partial charge is 0.494 e. The minimum absolute atomic E-state index is 0.0570. The van der Waals surface area contributed by atoms with E-state index in [-0.39, 0.29) is 5.54 Å². The summed E-state index contributed by atoms with van der Waals surface area (Å²) in [5.41, 5.74) is 5.87. The third-order valence-corrected chi connectivity index (χ3v) is 2.55. The molecule has 2 N–H and O–H groups in total. The van der Waals surface area contributed by atoms with Crippen molar-refractivity contribution < 1.29 is 9.47 Å². The Morgan fingerprint density at radius 2 is 1.67 bits per heavy atom.